The molecule has 8 heteroatoms. The molecule has 30 heavy (non-hydrogen) atoms. The molecule has 7 nitrogen and oxygen atoms in total. The maximum absolute atomic E-state index is 9.37. The molecule has 0 spiro atoms. The number of unbranched alkanes of at least 4 members (excludes halogenated alkanes) is 1. The molecule has 1 unspecified atom stereocenters. The van der Waals surface area contributed by atoms with E-state index in [4.69, 9.17) is 9.47 Å². The zero-order valence-corrected chi connectivity index (χ0v) is 20.6. The summed E-state index contributed by atoms with van der Waals surface area (Å²) in [5, 5.41) is 16.2. The van der Waals surface area contributed by atoms with Crippen LogP contribution in [-0.2, 0) is 9.47 Å². The number of hydrogen-bond acceptors (Lipinski definition) is 5. The summed E-state index contributed by atoms with van der Waals surface area (Å²) in [6, 6.07) is 10.4. The number of anilines is 1. The lowest BCUT2D eigenvalue weighted by Crippen LogP contribution is -2.51. The molecule has 0 saturated carbocycles. The fourth-order valence-corrected chi connectivity index (χ4v) is 3.36. The molecule has 0 aliphatic carbocycles. The highest BCUT2D eigenvalue weighted by molar-refractivity contribution is 14.0. The first-order chi connectivity index (χ1) is 14.3. The fourth-order valence-electron chi connectivity index (χ4n) is 3.36. The number of halogens is 1. The highest BCUT2D eigenvalue weighted by Crippen LogP contribution is 2.23. The lowest BCUT2D eigenvalue weighted by molar-refractivity contribution is 0.0487. The molecule has 0 aromatic heterocycles. The summed E-state index contributed by atoms with van der Waals surface area (Å²) in [5.74, 6) is 0.785. The number of benzene rings is 1. The standard InChI is InChI=1S/C22H35N5O2.HI/c1-3-4-13-28-15-16-29-14-11-25-22(24-2)26-20-9-7-12-27(18-20)21-10-6-5-8-19(21)17-23;/h5-6,8,10,20H,3-4,7,9,11-16,18H2,1-2H3,(H2,24,25,26);1H. The molecule has 1 atom stereocenters. The minimum absolute atomic E-state index is 0. The number of para-hydroxylation sites is 1. The summed E-state index contributed by atoms with van der Waals surface area (Å²) in [7, 11) is 1.78. The molecule has 168 valence electrons. The molecule has 0 amide bonds. The maximum atomic E-state index is 9.37. The average Bonchev–Trinajstić information content (AvgIpc) is 2.77. The van der Waals surface area contributed by atoms with Gasteiger partial charge in [0.25, 0.3) is 0 Å². The van der Waals surface area contributed by atoms with Crippen molar-refractivity contribution in [2.24, 2.45) is 4.99 Å². The number of nitriles is 1. The summed E-state index contributed by atoms with van der Waals surface area (Å²) in [6.45, 7) is 7.37. The van der Waals surface area contributed by atoms with Gasteiger partial charge in [0.2, 0.25) is 0 Å². The number of rotatable bonds is 11. The van der Waals surface area contributed by atoms with E-state index in [0.717, 1.165) is 62.6 Å². The van der Waals surface area contributed by atoms with Crippen LogP contribution >= 0.6 is 24.0 Å². The smallest absolute Gasteiger partial charge is 0.191 e. The molecule has 2 rings (SSSR count). The normalized spacial score (nSPS) is 16.5. The van der Waals surface area contributed by atoms with Gasteiger partial charge in [0, 0.05) is 39.3 Å². The largest absolute Gasteiger partial charge is 0.379 e. The van der Waals surface area contributed by atoms with Gasteiger partial charge in [-0.1, -0.05) is 25.5 Å². The van der Waals surface area contributed by atoms with E-state index in [9.17, 15) is 5.26 Å². The van der Waals surface area contributed by atoms with E-state index in [1.54, 1.807) is 7.05 Å². The Morgan fingerprint density at radius 1 is 1.23 bits per heavy atom. The van der Waals surface area contributed by atoms with Gasteiger partial charge in [-0.3, -0.25) is 4.99 Å². The van der Waals surface area contributed by atoms with Gasteiger partial charge in [-0.05, 0) is 31.4 Å². The number of aliphatic imine (C=N–C) groups is 1. The molecule has 1 saturated heterocycles. The van der Waals surface area contributed by atoms with E-state index in [-0.39, 0.29) is 30.0 Å². The second-order valence-electron chi connectivity index (χ2n) is 7.14. The van der Waals surface area contributed by atoms with E-state index >= 15 is 0 Å². The van der Waals surface area contributed by atoms with Crippen molar-refractivity contribution >= 4 is 35.6 Å². The van der Waals surface area contributed by atoms with Crippen LogP contribution in [0.4, 0.5) is 5.69 Å². The van der Waals surface area contributed by atoms with Crippen molar-refractivity contribution in [1.29, 1.82) is 5.26 Å². The molecule has 1 aliphatic rings. The van der Waals surface area contributed by atoms with Gasteiger partial charge in [0.05, 0.1) is 31.1 Å². The van der Waals surface area contributed by atoms with Crippen molar-refractivity contribution in [2.45, 2.75) is 38.6 Å². The molecule has 0 bridgehead atoms. The van der Waals surface area contributed by atoms with Gasteiger partial charge in [-0.2, -0.15) is 5.26 Å². The van der Waals surface area contributed by atoms with E-state index in [1.165, 1.54) is 0 Å². The van der Waals surface area contributed by atoms with Crippen LogP contribution in [0, 0.1) is 11.3 Å². The Kier molecular flexibility index (Phi) is 14.3. The van der Waals surface area contributed by atoms with Crippen molar-refractivity contribution in [1.82, 2.24) is 10.6 Å². The summed E-state index contributed by atoms with van der Waals surface area (Å²) < 4.78 is 11.1. The Morgan fingerprint density at radius 2 is 2.00 bits per heavy atom. The van der Waals surface area contributed by atoms with Crippen LogP contribution in [-0.4, -0.2) is 65.1 Å². The topological polar surface area (TPSA) is 81.9 Å². The van der Waals surface area contributed by atoms with Crippen LogP contribution in [0.1, 0.15) is 38.2 Å². The predicted octanol–water partition coefficient (Wildman–Crippen LogP) is 3.14. The van der Waals surface area contributed by atoms with Crippen LogP contribution in [0.5, 0.6) is 0 Å². The Labute approximate surface area is 198 Å². The first kappa shape index (κ1) is 26.5. The van der Waals surface area contributed by atoms with Crippen molar-refractivity contribution in [3.05, 3.63) is 29.8 Å². The van der Waals surface area contributed by atoms with Crippen molar-refractivity contribution in [2.75, 3.05) is 58.0 Å². The number of hydrogen-bond donors (Lipinski definition) is 2. The van der Waals surface area contributed by atoms with Gasteiger partial charge in [0.1, 0.15) is 6.07 Å². The number of guanidine groups is 1. The summed E-state index contributed by atoms with van der Waals surface area (Å²) in [4.78, 5) is 6.61. The second-order valence-corrected chi connectivity index (χ2v) is 7.14. The number of nitrogens with one attached hydrogen (secondary N) is 2. The summed E-state index contributed by atoms with van der Waals surface area (Å²) in [6.07, 6.45) is 4.41. The van der Waals surface area contributed by atoms with Crippen LogP contribution in [0.2, 0.25) is 0 Å². The average molecular weight is 529 g/mol. The van der Waals surface area contributed by atoms with Gasteiger partial charge in [-0.25, -0.2) is 0 Å². The molecular formula is C22H36IN5O2. The van der Waals surface area contributed by atoms with Crippen molar-refractivity contribution in [3.63, 3.8) is 0 Å². The van der Waals surface area contributed by atoms with Gasteiger partial charge in [0.15, 0.2) is 5.96 Å². The molecule has 0 radical (unpaired) electrons. The first-order valence-electron chi connectivity index (χ1n) is 10.6. The first-order valence-corrected chi connectivity index (χ1v) is 10.6. The minimum atomic E-state index is 0. The highest BCUT2D eigenvalue weighted by atomic mass is 127. The Hall–Kier alpha value is -1.57. The molecular weight excluding hydrogens is 493 g/mol. The summed E-state index contributed by atoms with van der Waals surface area (Å²) >= 11 is 0. The molecule has 1 aromatic carbocycles. The van der Waals surface area contributed by atoms with Crippen molar-refractivity contribution < 1.29 is 9.47 Å². The van der Waals surface area contributed by atoms with E-state index in [0.29, 0.717) is 26.4 Å². The fraction of sp³-hybridized carbons (Fsp3) is 0.636. The molecule has 1 fully saturated rings. The number of piperidine rings is 1. The Balaban J connectivity index is 0.00000450. The number of nitrogens with zero attached hydrogens (tertiary/aromatic N) is 3. The SMILES string of the molecule is CCCCOCCOCCNC(=NC)NC1CCCN(c2ccccc2C#N)C1.I. The molecule has 2 N–H and O–H groups in total. The van der Waals surface area contributed by atoms with Crippen LogP contribution in [0.25, 0.3) is 0 Å². The minimum Gasteiger partial charge on any atom is -0.379 e. The predicted molar refractivity (Wildman–Crippen MR) is 133 cm³/mol. The highest BCUT2D eigenvalue weighted by Gasteiger charge is 2.22. The zero-order valence-electron chi connectivity index (χ0n) is 18.2. The second kappa shape index (κ2) is 16.2. The molecule has 1 heterocycles. The number of ether oxygens (including phenoxy) is 2. The van der Waals surface area contributed by atoms with Crippen LogP contribution in [0.15, 0.2) is 29.3 Å². The van der Waals surface area contributed by atoms with Crippen LogP contribution < -0.4 is 15.5 Å². The van der Waals surface area contributed by atoms with Crippen molar-refractivity contribution in [3.8, 4) is 6.07 Å². The molecule has 1 aromatic rings. The maximum Gasteiger partial charge on any atom is 0.191 e. The van der Waals surface area contributed by atoms with Gasteiger partial charge >= 0.3 is 0 Å². The van der Waals surface area contributed by atoms with E-state index in [2.05, 4.69) is 33.5 Å². The third-order valence-corrected chi connectivity index (χ3v) is 4.90. The Morgan fingerprint density at radius 3 is 2.73 bits per heavy atom. The zero-order chi connectivity index (χ0) is 20.7. The lowest BCUT2D eigenvalue weighted by Gasteiger charge is -2.35. The third-order valence-electron chi connectivity index (χ3n) is 4.90. The lowest BCUT2D eigenvalue weighted by atomic mass is 10.0. The van der Waals surface area contributed by atoms with Crippen LogP contribution in [0.3, 0.4) is 0 Å². The van der Waals surface area contributed by atoms with Gasteiger partial charge < -0.3 is 25.0 Å². The van der Waals surface area contributed by atoms with Gasteiger partial charge in [-0.15, -0.1) is 24.0 Å². The monoisotopic (exact) mass is 529 g/mol. The Bertz CT molecular complexity index is 665. The molecule has 1 aliphatic heterocycles. The van der Waals surface area contributed by atoms with E-state index < -0.39 is 0 Å². The quantitative estimate of drug-likeness (QED) is 0.199. The third kappa shape index (κ3) is 9.49. The summed E-state index contributed by atoms with van der Waals surface area (Å²) in [5.41, 5.74) is 1.74. The van der Waals surface area contributed by atoms with E-state index in [1.807, 2.05) is 24.3 Å².